The minimum absolute atomic E-state index is 0.0368. The number of rotatable bonds is 6. The average molecular weight is 237 g/mol. The van der Waals surface area contributed by atoms with E-state index in [0.717, 1.165) is 5.56 Å². The predicted octanol–water partition coefficient (Wildman–Crippen LogP) is 0.566. The summed E-state index contributed by atoms with van der Waals surface area (Å²) in [7, 11) is 0. The van der Waals surface area contributed by atoms with Crippen LogP contribution in [0.25, 0.3) is 0 Å². The topological polar surface area (TPSA) is 86.6 Å². The van der Waals surface area contributed by atoms with Gasteiger partial charge in [0.05, 0.1) is 6.54 Å². The number of hydrogen-bond donors (Lipinski definition) is 3. The molecule has 1 aromatic carbocycles. The van der Waals surface area contributed by atoms with E-state index in [1.807, 2.05) is 0 Å². The van der Waals surface area contributed by atoms with Gasteiger partial charge in [-0.2, -0.15) is 0 Å². The third-order valence-corrected chi connectivity index (χ3v) is 2.27. The first kappa shape index (κ1) is 13.2. The van der Waals surface area contributed by atoms with Crippen molar-refractivity contribution < 1.29 is 19.8 Å². The van der Waals surface area contributed by atoms with E-state index in [1.165, 1.54) is 19.1 Å². The summed E-state index contributed by atoms with van der Waals surface area (Å²) in [6, 6.07) is 5.50. The zero-order chi connectivity index (χ0) is 12.8. The lowest BCUT2D eigenvalue weighted by atomic mass is 10.1. The number of phenols is 1. The first-order chi connectivity index (χ1) is 7.99. The van der Waals surface area contributed by atoms with Crippen molar-refractivity contribution in [2.45, 2.75) is 19.4 Å². The second kappa shape index (κ2) is 6.00. The Bertz CT molecular complexity index is 399. The molecule has 5 nitrogen and oxygen atoms in total. The Hall–Kier alpha value is -1.88. The van der Waals surface area contributed by atoms with Crippen molar-refractivity contribution in [2.75, 3.05) is 6.54 Å². The highest BCUT2D eigenvalue weighted by atomic mass is 16.4. The van der Waals surface area contributed by atoms with Gasteiger partial charge in [0.25, 0.3) is 0 Å². The first-order valence-electron chi connectivity index (χ1n) is 5.22. The zero-order valence-electron chi connectivity index (χ0n) is 9.51. The van der Waals surface area contributed by atoms with Gasteiger partial charge in [-0.1, -0.05) is 12.1 Å². The van der Waals surface area contributed by atoms with Crippen LogP contribution in [0.2, 0.25) is 0 Å². The van der Waals surface area contributed by atoms with Crippen molar-refractivity contribution in [3.05, 3.63) is 29.8 Å². The second-order valence-corrected chi connectivity index (χ2v) is 3.84. The van der Waals surface area contributed by atoms with Gasteiger partial charge < -0.3 is 10.2 Å². The molecule has 0 unspecified atom stereocenters. The molecule has 1 atom stereocenters. The summed E-state index contributed by atoms with van der Waals surface area (Å²) in [4.78, 5) is 21.7. The van der Waals surface area contributed by atoms with Crippen LogP contribution >= 0.6 is 0 Å². The number of aliphatic carboxylic acids is 1. The minimum Gasteiger partial charge on any atom is -0.508 e. The number of hydrogen-bond acceptors (Lipinski definition) is 4. The number of benzene rings is 1. The molecule has 0 saturated heterocycles. The SMILES string of the molecule is CC(=O)CN[C@@H](Cc1ccc(O)cc1)C(=O)O. The van der Waals surface area contributed by atoms with Crippen LogP contribution < -0.4 is 5.32 Å². The van der Waals surface area contributed by atoms with Gasteiger partial charge in [0.2, 0.25) is 0 Å². The molecule has 0 bridgehead atoms. The number of Topliss-reactive ketones (excluding diaryl/α,β-unsaturated/α-hetero) is 1. The van der Waals surface area contributed by atoms with Gasteiger partial charge in [-0.15, -0.1) is 0 Å². The van der Waals surface area contributed by atoms with Crippen LogP contribution in [0.5, 0.6) is 5.75 Å². The number of nitrogens with one attached hydrogen (secondary N) is 1. The standard InChI is InChI=1S/C12H15NO4/c1-8(14)7-13-11(12(16)17)6-9-2-4-10(15)5-3-9/h2-5,11,13,15H,6-7H2,1H3,(H,16,17)/t11-/m0/s1. The fraction of sp³-hybridized carbons (Fsp3) is 0.333. The van der Waals surface area contributed by atoms with Crippen LogP contribution in [-0.4, -0.2) is 34.6 Å². The Kier molecular flexibility index (Phi) is 4.66. The lowest BCUT2D eigenvalue weighted by molar-refractivity contribution is -0.139. The summed E-state index contributed by atoms with van der Waals surface area (Å²) in [5.41, 5.74) is 0.784. The van der Waals surface area contributed by atoms with E-state index in [9.17, 15) is 9.59 Å². The average Bonchev–Trinajstić information content (AvgIpc) is 2.26. The molecule has 0 fully saturated rings. The predicted molar refractivity (Wildman–Crippen MR) is 61.9 cm³/mol. The summed E-state index contributed by atoms with van der Waals surface area (Å²) in [5.74, 6) is -0.974. The van der Waals surface area contributed by atoms with E-state index >= 15 is 0 Å². The van der Waals surface area contributed by atoms with Crippen LogP contribution in [0.1, 0.15) is 12.5 Å². The first-order valence-corrected chi connectivity index (χ1v) is 5.22. The van der Waals surface area contributed by atoms with E-state index in [2.05, 4.69) is 5.32 Å². The molecule has 0 heterocycles. The molecule has 0 saturated carbocycles. The lowest BCUT2D eigenvalue weighted by Crippen LogP contribution is -2.40. The van der Waals surface area contributed by atoms with Crippen LogP contribution in [-0.2, 0) is 16.0 Å². The molecule has 0 aliphatic rings. The van der Waals surface area contributed by atoms with Gasteiger partial charge in [0, 0.05) is 0 Å². The van der Waals surface area contributed by atoms with Gasteiger partial charge in [-0.3, -0.25) is 14.9 Å². The number of ketones is 1. The van der Waals surface area contributed by atoms with Gasteiger partial charge >= 0.3 is 5.97 Å². The Morgan fingerprint density at radius 3 is 2.35 bits per heavy atom. The number of aromatic hydroxyl groups is 1. The van der Waals surface area contributed by atoms with E-state index in [-0.39, 0.29) is 24.5 Å². The summed E-state index contributed by atoms with van der Waals surface area (Å²) >= 11 is 0. The van der Waals surface area contributed by atoms with Crippen molar-refractivity contribution in [3.63, 3.8) is 0 Å². The molecule has 1 rings (SSSR count). The third kappa shape index (κ3) is 4.65. The van der Waals surface area contributed by atoms with Gasteiger partial charge in [0.15, 0.2) is 0 Å². The van der Waals surface area contributed by atoms with Crippen molar-refractivity contribution in [1.29, 1.82) is 0 Å². The molecule has 0 spiro atoms. The van der Waals surface area contributed by atoms with Gasteiger partial charge in [-0.25, -0.2) is 0 Å². The highest BCUT2D eigenvalue weighted by Gasteiger charge is 2.17. The van der Waals surface area contributed by atoms with E-state index in [0.29, 0.717) is 0 Å². The Labute approximate surface area is 99.1 Å². The van der Waals surface area contributed by atoms with Crippen molar-refractivity contribution >= 4 is 11.8 Å². The molecule has 92 valence electrons. The molecular formula is C12H15NO4. The monoisotopic (exact) mass is 237 g/mol. The maximum Gasteiger partial charge on any atom is 0.321 e. The Morgan fingerprint density at radius 1 is 1.29 bits per heavy atom. The number of carboxylic acid groups (broad SMARTS) is 1. The molecule has 0 aliphatic heterocycles. The molecule has 0 amide bonds. The molecular weight excluding hydrogens is 222 g/mol. The van der Waals surface area contributed by atoms with Crippen LogP contribution in [0.3, 0.4) is 0 Å². The lowest BCUT2D eigenvalue weighted by Gasteiger charge is -2.13. The second-order valence-electron chi connectivity index (χ2n) is 3.84. The molecule has 5 heteroatoms. The smallest absolute Gasteiger partial charge is 0.321 e. The minimum atomic E-state index is -1.00. The van der Waals surface area contributed by atoms with E-state index in [4.69, 9.17) is 10.2 Å². The quantitative estimate of drug-likeness (QED) is 0.673. The van der Waals surface area contributed by atoms with Crippen LogP contribution in [0, 0.1) is 0 Å². The van der Waals surface area contributed by atoms with Crippen LogP contribution in [0.4, 0.5) is 0 Å². The highest BCUT2D eigenvalue weighted by Crippen LogP contribution is 2.11. The number of carbonyl (C=O) groups is 2. The molecule has 0 radical (unpaired) electrons. The van der Waals surface area contributed by atoms with Gasteiger partial charge in [0.1, 0.15) is 17.6 Å². The molecule has 0 aromatic heterocycles. The summed E-state index contributed by atoms with van der Waals surface area (Å²) in [5, 5.41) is 20.7. The zero-order valence-corrected chi connectivity index (χ0v) is 9.51. The van der Waals surface area contributed by atoms with Crippen LogP contribution in [0.15, 0.2) is 24.3 Å². The van der Waals surface area contributed by atoms with E-state index in [1.54, 1.807) is 12.1 Å². The summed E-state index contributed by atoms with van der Waals surface area (Å²) < 4.78 is 0. The van der Waals surface area contributed by atoms with E-state index < -0.39 is 12.0 Å². The Morgan fingerprint density at radius 2 is 1.88 bits per heavy atom. The number of carbonyl (C=O) groups excluding carboxylic acids is 1. The molecule has 3 N–H and O–H groups in total. The maximum absolute atomic E-state index is 11.0. The fourth-order valence-electron chi connectivity index (χ4n) is 1.38. The molecule has 1 aromatic rings. The molecule has 17 heavy (non-hydrogen) atoms. The maximum atomic E-state index is 11.0. The number of phenolic OH excluding ortho intramolecular Hbond substituents is 1. The van der Waals surface area contributed by atoms with Crippen molar-refractivity contribution in [1.82, 2.24) is 5.32 Å². The van der Waals surface area contributed by atoms with Crippen molar-refractivity contribution in [3.8, 4) is 5.75 Å². The Balaban J connectivity index is 2.63. The largest absolute Gasteiger partial charge is 0.508 e. The number of carboxylic acids is 1. The highest BCUT2D eigenvalue weighted by molar-refractivity contribution is 5.79. The molecule has 0 aliphatic carbocycles. The normalized spacial score (nSPS) is 12.1. The fourth-order valence-corrected chi connectivity index (χ4v) is 1.38. The van der Waals surface area contributed by atoms with Gasteiger partial charge in [-0.05, 0) is 31.0 Å². The van der Waals surface area contributed by atoms with Crippen molar-refractivity contribution in [2.24, 2.45) is 0 Å². The third-order valence-electron chi connectivity index (χ3n) is 2.27. The summed E-state index contributed by atoms with van der Waals surface area (Å²) in [6.07, 6.45) is 0.267. The summed E-state index contributed by atoms with van der Waals surface area (Å²) in [6.45, 7) is 1.43.